The second-order valence-corrected chi connectivity index (χ2v) is 19.4. The number of benzene rings is 10. The number of rotatable bonds is 5. The van der Waals surface area contributed by atoms with Crippen molar-refractivity contribution >= 4 is 34.1 Å². The highest BCUT2D eigenvalue weighted by molar-refractivity contribution is 5.95. The Balaban J connectivity index is 0.984. The zero-order valence-corrected chi connectivity index (χ0v) is 40.0. The number of aryl methyl sites for hydroxylation is 2. The van der Waals surface area contributed by atoms with Crippen LogP contribution in [0.3, 0.4) is 0 Å². The third-order valence-corrected chi connectivity index (χ3v) is 15.4. The standard InChI is InChI=1S/C68H48N4/c1-45-34-40-64-58(42-45)68(59-43-46(2)35-41-65(59)71(64)50-24-10-5-11-25-50)54-28-14-12-26-52(54)67(53-27-13-15-29-55(53)68)56-30-16-18-32-62(56)72(63-33-19-17-31-57(63)67)51-38-36-49(37-39-51)66-69-60(47-20-6-3-7-21-47)44-61(70-66)48-22-8-4-9-23-48/h3-44H,1-2H3. The molecule has 4 heteroatoms. The van der Waals surface area contributed by atoms with Crippen molar-refractivity contribution in [3.05, 3.63) is 310 Å². The van der Waals surface area contributed by atoms with Gasteiger partial charge in [-0.1, -0.05) is 199 Å². The van der Waals surface area contributed by atoms with Gasteiger partial charge in [-0.05, 0) is 125 Å². The highest BCUT2D eigenvalue weighted by Crippen LogP contribution is 2.68. The van der Waals surface area contributed by atoms with Gasteiger partial charge in [-0.15, -0.1) is 0 Å². The molecule has 72 heavy (non-hydrogen) atoms. The summed E-state index contributed by atoms with van der Waals surface area (Å²) in [6, 6.07) is 93.6. The number of fused-ring (bicyclic) bond motifs is 14. The van der Waals surface area contributed by atoms with Crippen LogP contribution in [0.2, 0.25) is 0 Å². The van der Waals surface area contributed by atoms with Crippen LogP contribution < -0.4 is 9.80 Å². The van der Waals surface area contributed by atoms with Crippen molar-refractivity contribution in [2.24, 2.45) is 0 Å². The lowest BCUT2D eigenvalue weighted by molar-refractivity contribution is 0.607. The summed E-state index contributed by atoms with van der Waals surface area (Å²) in [7, 11) is 0. The van der Waals surface area contributed by atoms with Crippen molar-refractivity contribution in [3.8, 4) is 33.9 Å². The number of para-hydroxylation sites is 3. The molecule has 11 aromatic rings. The van der Waals surface area contributed by atoms with E-state index in [9.17, 15) is 0 Å². The smallest absolute Gasteiger partial charge is 0.160 e. The molecule has 2 spiro atoms. The molecule has 1 aromatic heterocycles. The van der Waals surface area contributed by atoms with E-state index in [1.165, 1.54) is 67.0 Å². The summed E-state index contributed by atoms with van der Waals surface area (Å²) in [6.07, 6.45) is 0. The highest BCUT2D eigenvalue weighted by atomic mass is 15.2. The van der Waals surface area contributed by atoms with Crippen LogP contribution in [-0.4, -0.2) is 9.97 Å². The van der Waals surface area contributed by atoms with Gasteiger partial charge in [0.05, 0.1) is 45.0 Å². The molecule has 4 nitrogen and oxygen atoms in total. The summed E-state index contributed by atoms with van der Waals surface area (Å²) in [6.45, 7) is 4.47. The first-order valence-electron chi connectivity index (χ1n) is 24.9. The van der Waals surface area contributed by atoms with Gasteiger partial charge < -0.3 is 9.80 Å². The normalized spacial score (nSPS) is 14.1. The van der Waals surface area contributed by atoms with Crippen LogP contribution in [0.1, 0.15) is 55.6 Å². The minimum absolute atomic E-state index is 0.649. The molecule has 1 aliphatic carbocycles. The topological polar surface area (TPSA) is 32.3 Å². The predicted octanol–water partition coefficient (Wildman–Crippen LogP) is 16.7. The molecule has 14 rings (SSSR count). The molecule has 0 atom stereocenters. The highest BCUT2D eigenvalue weighted by Gasteiger charge is 2.59. The van der Waals surface area contributed by atoms with Crippen LogP contribution >= 0.6 is 0 Å². The molecule has 0 N–H and O–H groups in total. The molecule has 3 heterocycles. The van der Waals surface area contributed by atoms with E-state index in [1.807, 2.05) is 12.1 Å². The van der Waals surface area contributed by atoms with Gasteiger partial charge in [0, 0.05) is 28.1 Å². The van der Waals surface area contributed by atoms with E-state index in [4.69, 9.17) is 9.97 Å². The summed E-state index contributed by atoms with van der Waals surface area (Å²) in [4.78, 5) is 15.3. The molecule has 0 amide bonds. The van der Waals surface area contributed by atoms with Crippen molar-refractivity contribution in [3.63, 3.8) is 0 Å². The Hall–Kier alpha value is -9.12. The Kier molecular flexibility index (Phi) is 9.43. The Morgan fingerprint density at radius 1 is 0.278 bits per heavy atom. The largest absolute Gasteiger partial charge is 0.310 e. The van der Waals surface area contributed by atoms with Crippen molar-refractivity contribution < 1.29 is 0 Å². The van der Waals surface area contributed by atoms with Gasteiger partial charge in [-0.3, -0.25) is 0 Å². The first-order valence-corrected chi connectivity index (χ1v) is 24.9. The molecular formula is C68H48N4. The fraction of sp³-hybridized carbons (Fsp3) is 0.0588. The summed E-state index contributed by atoms with van der Waals surface area (Å²) in [5.41, 5.74) is 23.1. The van der Waals surface area contributed by atoms with E-state index < -0.39 is 10.8 Å². The molecule has 3 aliphatic rings. The predicted molar refractivity (Wildman–Crippen MR) is 294 cm³/mol. The number of hydrogen-bond acceptors (Lipinski definition) is 4. The molecule has 10 aromatic carbocycles. The molecule has 0 bridgehead atoms. The van der Waals surface area contributed by atoms with Crippen LogP contribution in [-0.2, 0) is 10.8 Å². The Morgan fingerprint density at radius 3 is 1.07 bits per heavy atom. The van der Waals surface area contributed by atoms with Crippen molar-refractivity contribution in [2.45, 2.75) is 24.7 Å². The number of aromatic nitrogens is 2. The van der Waals surface area contributed by atoms with Gasteiger partial charge in [0.15, 0.2) is 5.82 Å². The average Bonchev–Trinajstić information content (AvgIpc) is 3.45. The van der Waals surface area contributed by atoms with Gasteiger partial charge >= 0.3 is 0 Å². The second kappa shape index (κ2) is 16.2. The summed E-state index contributed by atoms with van der Waals surface area (Å²) >= 11 is 0. The van der Waals surface area contributed by atoms with Crippen molar-refractivity contribution in [1.82, 2.24) is 9.97 Å². The Morgan fingerprint density at radius 2 is 0.625 bits per heavy atom. The van der Waals surface area contributed by atoms with E-state index in [-0.39, 0.29) is 0 Å². The van der Waals surface area contributed by atoms with Gasteiger partial charge in [0.2, 0.25) is 0 Å². The van der Waals surface area contributed by atoms with Gasteiger partial charge in [0.25, 0.3) is 0 Å². The Labute approximate surface area is 420 Å². The van der Waals surface area contributed by atoms with Crippen LogP contribution in [0.25, 0.3) is 33.9 Å². The maximum Gasteiger partial charge on any atom is 0.160 e. The maximum absolute atomic E-state index is 5.18. The minimum atomic E-state index is -0.674. The van der Waals surface area contributed by atoms with Crippen molar-refractivity contribution in [1.29, 1.82) is 0 Å². The molecular weight excluding hydrogens is 873 g/mol. The first kappa shape index (κ1) is 41.8. The maximum atomic E-state index is 5.18. The van der Waals surface area contributed by atoms with Gasteiger partial charge in [-0.25, -0.2) is 9.97 Å². The molecule has 0 saturated heterocycles. The lowest BCUT2D eigenvalue weighted by atomic mass is 9.49. The van der Waals surface area contributed by atoms with E-state index in [0.29, 0.717) is 5.82 Å². The van der Waals surface area contributed by atoms with Crippen LogP contribution in [0.5, 0.6) is 0 Å². The number of nitrogens with zero attached hydrogens (tertiary/aromatic N) is 4. The zero-order chi connectivity index (χ0) is 48.0. The molecule has 0 saturated carbocycles. The molecule has 2 aliphatic heterocycles. The molecule has 0 fully saturated rings. The molecule has 0 radical (unpaired) electrons. The second-order valence-electron chi connectivity index (χ2n) is 19.4. The number of hydrogen-bond donors (Lipinski definition) is 0. The molecule has 340 valence electrons. The lowest BCUT2D eigenvalue weighted by Gasteiger charge is -2.56. The first-order chi connectivity index (χ1) is 35.5. The monoisotopic (exact) mass is 920 g/mol. The number of anilines is 6. The zero-order valence-electron chi connectivity index (χ0n) is 40.0. The minimum Gasteiger partial charge on any atom is -0.310 e. The fourth-order valence-electron chi connectivity index (χ4n) is 12.5. The quantitative estimate of drug-likeness (QED) is 0.172. The third-order valence-electron chi connectivity index (χ3n) is 15.4. The van der Waals surface area contributed by atoms with Gasteiger partial charge in [-0.2, -0.15) is 0 Å². The average molecular weight is 921 g/mol. The fourth-order valence-corrected chi connectivity index (χ4v) is 12.5. The van der Waals surface area contributed by atoms with Crippen molar-refractivity contribution in [2.75, 3.05) is 9.80 Å². The van der Waals surface area contributed by atoms with E-state index in [2.05, 4.69) is 266 Å². The summed E-state index contributed by atoms with van der Waals surface area (Å²) in [5, 5.41) is 0. The summed E-state index contributed by atoms with van der Waals surface area (Å²) in [5.74, 6) is 0.688. The van der Waals surface area contributed by atoms with Crippen LogP contribution in [0.15, 0.2) is 255 Å². The molecule has 0 unspecified atom stereocenters. The van der Waals surface area contributed by atoms with E-state index >= 15 is 0 Å². The Bertz CT molecular complexity index is 3690. The third kappa shape index (κ3) is 5.99. The van der Waals surface area contributed by atoms with E-state index in [0.717, 1.165) is 50.8 Å². The van der Waals surface area contributed by atoms with Crippen LogP contribution in [0.4, 0.5) is 34.1 Å². The van der Waals surface area contributed by atoms with E-state index in [1.54, 1.807) is 0 Å². The summed E-state index contributed by atoms with van der Waals surface area (Å²) < 4.78 is 0. The van der Waals surface area contributed by atoms with Crippen LogP contribution in [0, 0.1) is 13.8 Å². The SMILES string of the molecule is Cc1ccc2c(c1)C1(c3cc(C)ccc3N2c2ccccc2)c2ccccc2C2(c3ccccc3N(c3ccc(-c4nc(-c5ccccc5)cc(-c5ccccc5)n4)cc3)c3ccccc32)c2ccccc21. The van der Waals surface area contributed by atoms with Gasteiger partial charge in [0.1, 0.15) is 0 Å². The lowest BCUT2D eigenvalue weighted by Crippen LogP contribution is -2.49.